The Morgan fingerprint density at radius 2 is 1.90 bits per heavy atom. The summed E-state index contributed by atoms with van der Waals surface area (Å²) in [5.74, 6) is 0.197. The average Bonchev–Trinajstić information content (AvgIpc) is 3.11. The first-order valence-electron chi connectivity index (χ1n) is 11.0. The number of ether oxygens (including phenoxy) is 2. The molecule has 1 aliphatic rings. The van der Waals surface area contributed by atoms with Gasteiger partial charge in [0.15, 0.2) is 0 Å². The maximum atomic E-state index is 12.2. The minimum atomic E-state index is -0.458. The van der Waals surface area contributed by atoms with E-state index < -0.39 is 5.60 Å². The molecule has 0 N–H and O–H groups in total. The van der Waals surface area contributed by atoms with E-state index in [0.717, 1.165) is 18.0 Å². The third-order valence-electron chi connectivity index (χ3n) is 5.66. The minimum absolute atomic E-state index is 0.187. The molecular formula is C23H38N2O4. The van der Waals surface area contributed by atoms with Gasteiger partial charge in [-0.05, 0) is 65.2 Å². The number of esters is 2. The van der Waals surface area contributed by atoms with Crippen molar-refractivity contribution in [3.63, 3.8) is 0 Å². The number of nitrogens with zero attached hydrogens (tertiary/aromatic N) is 2. The summed E-state index contributed by atoms with van der Waals surface area (Å²) in [6.07, 6.45) is 12.0. The summed E-state index contributed by atoms with van der Waals surface area (Å²) in [7, 11) is 1.43. The summed E-state index contributed by atoms with van der Waals surface area (Å²) in [6.45, 7) is 7.92. The van der Waals surface area contributed by atoms with Crippen LogP contribution in [0.15, 0.2) is 12.5 Å². The van der Waals surface area contributed by atoms with Crippen LogP contribution in [0, 0.1) is 11.8 Å². The van der Waals surface area contributed by atoms with Crippen LogP contribution in [0.2, 0.25) is 0 Å². The second kappa shape index (κ2) is 10.8. The number of carbonyl (C=O) groups excluding carboxylic acids is 2. The van der Waals surface area contributed by atoms with Crippen LogP contribution in [0.5, 0.6) is 0 Å². The molecule has 0 saturated heterocycles. The predicted octanol–water partition coefficient (Wildman–Crippen LogP) is 4.87. The summed E-state index contributed by atoms with van der Waals surface area (Å²) < 4.78 is 12.6. The normalized spacial score (nSPS) is 20.9. The Morgan fingerprint density at radius 1 is 1.21 bits per heavy atom. The smallest absolute Gasteiger partial charge is 0.309 e. The Kier molecular flexibility index (Phi) is 8.72. The molecule has 0 aliphatic heterocycles. The van der Waals surface area contributed by atoms with Crippen molar-refractivity contribution in [3.8, 4) is 0 Å². The zero-order chi connectivity index (χ0) is 21.4. The molecule has 6 nitrogen and oxygen atoms in total. The Balaban J connectivity index is 1.83. The van der Waals surface area contributed by atoms with Crippen molar-refractivity contribution in [1.82, 2.24) is 9.55 Å². The van der Waals surface area contributed by atoms with Crippen LogP contribution in [0.4, 0.5) is 0 Å². The molecule has 1 fully saturated rings. The van der Waals surface area contributed by atoms with Crippen molar-refractivity contribution in [2.24, 2.45) is 11.8 Å². The van der Waals surface area contributed by atoms with Gasteiger partial charge in [0.2, 0.25) is 0 Å². The van der Waals surface area contributed by atoms with E-state index >= 15 is 0 Å². The van der Waals surface area contributed by atoms with E-state index in [1.54, 1.807) is 0 Å². The van der Waals surface area contributed by atoms with Gasteiger partial charge in [-0.3, -0.25) is 9.59 Å². The van der Waals surface area contributed by atoms with E-state index in [9.17, 15) is 9.59 Å². The van der Waals surface area contributed by atoms with Crippen molar-refractivity contribution in [1.29, 1.82) is 0 Å². The lowest BCUT2D eigenvalue weighted by molar-refractivity contribution is -0.154. The summed E-state index contributed by atoms with van der Waals surface area (Å²) in [5, 5.41) is 0. The number of unbranched alkanes of at least 4 members (excludes halogenated alkanes) is 1. The highest BCUT2D eigenvalue weighted by Crippen LogP contribution is 2.32. The average molecular weight is 407 g/mol. The van der Waals surface area contributed by atoms with Crippen molar-refractivity contribution in [2.75, 3.05) is 7.11 Å². The zero-order valence-electron chi connectivity index (χ0n) is 18.8. The summed E-state index contributed by atoms with van der Waals surface area (Å²) in [4.78, 5) is 28.6. The first kappa shape index (κ1) is 23.4. The largest absolute Gasteiger partial charge is 0.469 e. The number of aromatic nitrogens is 2. The first-order valence-corrected chi connectivity index (χ1v) is 11.0. The lowest BCUT2D eigenvalue weighted by atomic mass is 9.87. The van der Waals surface area contributed by atoms with Crippen LogP contribution in [-0.4, -0.2) is 34.2 Å². The number of carbonyl (C=O) groups is 2. The highest BCUT2D eigenvalue weighted by atomic mass is 16.6. The van der Waals surface area contributed by atoms with Crippen molar-refractivity contribution < 1.29 is 19.1 Å². The van der Waals surface area contributed by atoms with Crippen LogP contribution < -0.4 is 0 Å². The van der Waals surface area contributed by atoms with Crippen molar-refractivity contribution >= 4 is 11.9 Å². The molecule has 1 heterocycles. The fourth-order valence-corrected chi connectivity index (χ4v) is 4.00. The molecule has 0 amide bonds. The topological polar surface area (TPSA) is 70.4 Å². The summed E-state index contributed by atoms with van der Waals surface area (Å²) in [6, 6.07) is 0.526. The third kappa shape index (κ3) is 8.19. The highest BCUT2D eigenvalue weighted by Gasteiger charge is 2.23. The molecule has 2 rings (SSSR count). The fraction of sp³-hybridized carbons (Fsp3) is 0.783. The predicted molar refractivity (Wildman–Crippen MR) is 112 cm³/mol. The molecule has 29 heavy (non-hydrogen) atoms. The Labute approximate surface area is 175 Å². The molecule has 1 aliphatic carbocycles. The second-order valence-corrected chi connectivity index (χ2v) is 9.48. The quantitative estimate of drug-likeness (QED) is 0.432. The SMILES string of the molecule is COC(=O)C(CCCCC(=O)OC(C)(C)C)Cc1cn(C2CCC(C)CC2)cn1. The molecule has 6 heteroatoms. The lowest BCUT2D eigenvalue weighted by Crippen LogP contribution is -2.23. The number of hydrogen-bond acceptors (Lipinski definition) is 5. The Bertz CT molecular complexity index is 654. The van der Waals surface area contributed by atoms with Gasteiger partial charge in [-0.1, -0.05) is 13.3 Å². The van der Waals surface area contributed by atoms with Crippen molar-refractivity contribution in [2.45, 2.75) is 97.1 Å². The Hall–Kier alpha value is -1.85. The molecule has 0 spiro atoms. The van der Waals surface area contributed by atoms with Gasteiger partial charge in [0.25, 0.3) is 0 Å². The highest BCUT2D eigenvalue weighted by molar-refractivity contribution is 5.72. The van der Waals surface area contributed by atoms with Gasteiger partial charge in [0, 0.05) is 25.1 Å². The number of methoxy groups -OCH3 is 1. The maximum Gasteiger partial charge on any atom is 0.309 e. The van der Waals surface area contributed by atoms with Crippen molar-refractivity contribution in [3.05, 3.63) is 18.2 Å². The molecule has 0 bridgehead atoms. The van der Waals surface area contributed by atoms with Crippen LogP contribution in [0.3, 0.4) is 0 Å². The van der Waals surface area contributed by atoms with Gasteiger partial charge < -0.3 is 14.0 Å². The van der Waals surface area contributed by atoms with Gasteiger partial charge in [-0.25, -0.2) is 4.98 Å². The first-order chi connectivity index (χ1) is 13.7. The van der Waals surface area contributed by atoms with Gasteiger partial charge >= 0.3 is 11.9 Å². The molecule has 0 aromatic carbocycles. The third-order valence-corrected chi connectivity index (χ3v) is 5.66. The van der Waals surface area contributed by atoms with E-state index in [1.165, 1.54) is 32.8 Å². The van der Waals surface area contributed by atoms with E-state index in [2.05, 4.69) is 22.7 Å². The molecule has 1 saturated carbocycles. The van der Waals surface area contributed by atoms with Gasteiger partial charge in [0.1, 0.15) is 5.60 Å². The minimum Gasteiger partial charge on any atom is -0.469 e. The molecule has 164 valence electrons. The monoisotopic (exact) mass is 406 g/mol. The number of rotatable bonds is 9. The van der Waals surface area contributed by atoms with Gasteiger partial charge in [-0.15, -0.1) is 0 Å². The fourth-order valence-electron chi connectivity index (χ4n) is 4.00. The van der Waals surface area contributed by atoms with Gasteiger partial charge in [-0.2, -0.15) is 0 Å². The van der Waals surface area contributed by atoms with Crippen LogP contribution in [0.1, 0.15) is 90.8 Å². The van der Waals surface area contributed by atoms with E-state index in [1.807, 2.05) is 27.1 Å². The second-order valence-electron chi connectivity index (χ2n) is 9.48. The van der Waals surface area contributed by atoms with Crippen LogP contribution in [-0.2, 0) is 25.5 Å². The van der Waals surface area contributed by atoms with E-state index in [4.69, 9.17) is 9.47 Å². The van der Waals surface area contributed by atoms with E-state index in [-0.39, 0.29) is 17.9 Å². The van der Waals surface area contributed by atoms with E-state index in [0.29, 0.717) is 31.7 Å². The lowest BCUT2D eigenvalue weighted by Gasteiger charge is -2.26. The summed E-state index contributed by atoms with van der Waals surface area (Å²) in [5.41, 5.74) is 0.479. The number of hydrogen-bond donors (Lipinski definition) is 0. The van der Waals surface area contributed by atoms with Gasteiger partial charge in [0.05, 0.1) is 25.0 Å². The Morgan fingerprint density at radius 3 is 2.52 bits per heavy atom. The van der Waals surface area contributed by atoms with Crippen LogP contribution >= 0.6 is 0 Å². The molecule has 1 aromatic heterocycles. The molecule has 1 aromatic rings. The maximum absolute atomic E-state index is 12.2. The summed E-state index contributed by atoms with van der Waals surface area (Å²) >= 11 is 0. The molecule has 1 unspecified atom stereocenters. The number of imidazole rings is 1. The standard InChI is InChI=1S/C23H38N2O4/c1-17-10-12-20(13-11-17)25-15-19(24-16-25)14-18(22(27)28-5)8-6-7-9-21(26)29-23(2,3)4/h15-18,20H,6-14H2,1-5H3. The molecule has 0 radical (unpaired) electrons. The molecule has 1 atom stereocenters. The van der Waals surface area contributed by atoms with Crippen LogP contribution in [0.25, 0.3) is 0 Å². The zero-order valence-corrected chi connectivity index (χ0v) is 18.8. The molecular weight excluding hydrogens is 368 g/mol.